The second kappa shape index (κ2) is 7.72. The highest BCUT2D eigenvalue weighted by Crippen LogP contribution is 2.16. The Labute approximate surface area is 123 Å². The van der Waals surface area contributed by atoms with Gasteiger partial charge in [-0.1, -0.05) is 48.5 Å². The molecule has 0 aliphatic carbocycles. The van der Waals surface area contributed by atoms with Gasteiger partial charge in [0.05, 0.1) is 11.9 Å². The van der Waals surface area contributed by atoms with Crippen molar-refractivity contribution in [3.8, 4) is 0 Å². The molecule has 0 spiro atoms. The van der Waals surface area contributed by atoms with E-state index < -0.39 is 6.10 Å². The van der Waals surface area contributed by atoms with Crippen LogP contribution in [0.4, 0.5) is 0 Å². The number of carbonyl (C=O) groups is 1. The summed E-state index contributed by atoms with van der Waals surface area (Å²) >= 11 is 1.48. The van der Waals surface area contributed by atoms with Crippen molar-refractivity contribution in [3.63, 3.8) is 0 Å². The molecule has 2 aromatic rings. The van der Waals surface area contributed by atoms with Crippen LogP contribution in [0.3, 0.4) is 0 Å². The van der Waals surface area contributed by atoms with E-state index in [1.165, 1.54) is 11.8 Å². The van der Waals surface area contributed by atoms with Gasteiger partial charge in [-0.05, 0) is 17.7 Å². The zero-order chi connectivity index (χ0) is 14.2. The van der Waals surface area contributed by atoms with Crippen LogP contribution in [0.2, 0.25) is 0 Å². The molecule has 20 heavy (non-hydrogen) atoms. The van der Waals surface area contributed by atoms with E-state index in [4.69, 9.17) is 0 Å². The lowest BCUT2D eigenvalue weighted by molar-refractivity contribution is -0.119. The van der Waals surface area contributed by atoms with Gasteiger partial charge in [-0.3, -0.25) is 4.79 Å². The molecule has 0 saturated heterocycles. The molecule has 2 N–H and O–H groups in total. The van der Waals surface area contributed by atoms with E-state index in [1.807, 2.05) is 60.7 Å². The number of thioether (sulfide) groups is 1. The van der Waals surface area contributed by atoms with Gasteiger partial charge in [0.15, 0.2) is 0 Å². The van der Waals surface area contributed by atoms with Crippen LogP contribution in [0.25, 0.3) is 0 Å². The van der Waals surface area contributed by atoms with Crippen LogP contribution in [-0.2, 0) is 4.79 Å². The first-order valence-electron chi connectivity index (χ1n) is 6.43. The minimum Gasteiger partial charge on any atom is -0.387 e. The van der Waals surface area contributed by atoms with Crippen LogP contribution in [0, 0.1) is 0 Å². The first-order valence-corrected chi connectivity index (χ1v) is 7.42. The SMILES string of the molecule is O=C(CSc1ccccc1)NCC(O)c1ccccc1. The fraction of sp³-hybridized carbons (Fsp3) is 0.188. The minimum absolute atomic E-state index is 0.0752. The van der Waals surface area contributed by atoms with Gasteiger partial charge in [0.25, 0.3) is 0 Å². The molecular weight excluding hydrogens is 270 g/mol. The number of nitrogens with one attached hydrogen (secondary N) is 1. The highest BCUT2D eigenvalue weighted by atomic mass is 32.2. The molecule has 4 heteroatoms. The van der Waals surface area contributed by atoms with E-state index in [-0.39, 0.29) is 12.5 Å². The second-order valence-corrected chi connectivity index (χ2v) is 5.38. The van der Waals surface area contributed by atoms with Crippen LogP contribution in [0.15, 0.2) is 65.6 Å². The van der Waals surface area contributed by atoms with Crippen LogP contribution >= 0.6 is 11.8 Å². The Balaban J connectivity index is 1.73. The fourth-order valence-electron chi connectivity index (χ4n) is 1.72. The molecule has 3 nitrogen and oxygen atoms in total. The Morgan fingerprint density at radius 1 is 1.05 bits per heavy atom. The van der Waals surface area contributed by atoms with Crippen molar-refractivity contribution in [2.24, 2.45) is 0 Å². The molecule has 1 amide bonds. The molecule has 0 saturated carbocycles. The lowest BCUT2D eigenvalue weighted by Gasteiger charge is -2.12. The lowest BCUT2D eigenvalue weighted by Crippen LogP contribution is -2.29. The summed E-state index contributed by atoms with van der Waals surface area (Å²) in [6.07, 6.45) is -0.665. The average molecular weight is 287 g/mol. The third kappa shape index (κ3) is 4.72. The Bertz CT molecular complexity index is 531. The molecule has 1 unspecified atom stereocenters. The molecule has 0 radical (unpaired) electrons. The number of carbonyl (C=O) groups excluding carboxylic acids is 1. The third-order valence-corrected chi connectivity index (χ3v) is 3.80. The molecule has 0 aromatic heterocycles. The van der Waals surface area contributed by atoms with Crippen molar-refractivity contribution < 1.29 is 9.90 Å². The van der Waals surface area contributed by atoms with E-state index in [2.05, 4.69) is 5.32 Å². The molecular formula is C16H17NO2S. The number of hydrogen-bond acceptors (Lipinski definition) is 3. The zero-order valence-corrected chi connectivity index (χ0v) is 11.8. The second-order valence-electron chi connectivity index (χ2n) is 4.33. The van der Waals surface area contributed by atoms with Crippen molar-refractivity contribution in [1.29, 1.82) is 0 Å². The lowest BCUT2D eigenvalue weighted by atomic mass is 10.1. The first-order chi connectivity index (χ1) is 9.75. The van der Waals surface area contributed by atoms with E-state index >= 15 is 0 Å². The molecule has 0 bridgehead atoms. The maximum absolute atomic E-state index is 11.7. The van der Waals surface area contributed by atoms with E-state index in [1.54, 1.807) is 0 Å². The first kappa shape index (κ1) is 14.6. The molecule has 104 valence electrons. The van der Waals surface area contributed by atoms with Gasteiger partial charge in [0.1, 0.15) is 0 Å². The molecule has 0 aliphatic heterocycles. The number of rotatable bonds is 6. The molecule has 2 aromatic carbocycles. The van der Waals surface area contributed by atoms with Gasteiger partial charge in [-0.15, -0.1) is 11.8 Å². The minimum atomic E-state index is -0.665. The van der Waals surface area contributed by atoms with Crippen LogP contribution in [-0.4, -0.2) is 23.3 Å². The highest BCUT2D eigenvalue weighted by molar-refractivity contribution is 8.00. The van der Waals surface area contributed by atoms with Gasteiger partial charge in [-0.25, -0.2) is 0 Å². The van der Waals surface area contributed by atoms with E-state index in [9.17, 15) is 9.90 Å². The molecule has 0 fully saturated rings. The van der Waals surface area contributed by atoms with E-state index in [0.29, 0.717) is 5.75 Å². The maximum atomic E-state index is 11.7. The smallest absolute Gasteiger partial charge is 0.230 e. The monoisotopic (exact) mass is 287 g/mol. The average Bonchev–Trinajstić information content (AvgIpc) is 2.52. The highest BCUT2D eigenvalue weighted by Gasteiger charge is 2.09. The van der Waals surface area contributed by atoms with Gasteiger partial charge in [0, 0.05) is 11.4 Å². The maximum Gasteiger partial charge on any atom is 0.230 e. The summed E-state index contributed by atoms with van der Waals surface area (Å²) in [4.78, 5) is 12.8. The summed E-state index contributed by atoms with van der Waals surface area (Å²) in [5.74, 6) is 0.278. The molecule has 2 rings (SSSR count). The topological polar surface area (TPSA) is 49.3 Å². The molecule has 0 heterocycles. The largest absolute Gasteiger partial charge is 0.387 e. The Kier molecular flexibility index (Phi) is 5.65. The number of benzene rings is 2. The summed E-state index contributed by atoms with van der Waals surface area (Å²) in [6.45, 7) is 0.234. The molecule has 0 aliphatic rings. The predicted octanol–water partition coefficient (Wildman–Crippen LogP) is 2.63. The van der Waals surface area contributed by atoms with Crippen molar-refractivity contribution in [1.82, 2.24) is 5.32 Å². The summed E-state index contributed by atoms with van der Waals surface area (Å²) < 4.78 is 0. The fourth-order valence-corrected chi connectivity index (χ4v) is 2.47. The van der Waals surface area contributed by atoms with Crippen molar-refractivity contribution in [3.05, 3.63) is 66.2 Å². The summed E-state index contributed by atoms with van der Waals surface area (Å²) in [6, 6.07) is 19.1. The van der Waals surface area contributed by atoms with Crippen LogP contribution in [0.1, 0.15) is 11.7 Å². The van der Waals surface area contributed by atoms with E-state index in [0.717, 1.165) is 10.5 Å². The predicted molar refractivity (Wildman–Crippen MR) is 81.6 cm³/mol. The van der Waals surface area contributed by atoms with Gasteiger partial charge in [0.2, 0.25) is 5.91 Å². The summed E-state index contributed by atoms with van der Waals surface area (Å²) in [7, 11) is 0. The van der Waals surface area contributed by atoms with Gasteiger partial charge >= 0.3 is 0 Å². The van der Waals surface area contributed by atoms with Crippen molar-refractivity contribution in [2.45, 2.75) is 11.0 Å². The number of aliphatic hydroxyl groups excluding tert-OH is 1. The summed E-state index contributed by atoms with van der Waals surface area (Å²) in [5, 5.41) is 12.7. The van der Waals surface area contributed by atoms with Gasteiger partial charge < -0.3 is 10.4 Å². The van der Waals surface area contributed by atoms with Crippen molar-refractivity contribution in [2.75, 3.05) is 12.3 Å². The van der Waals surface area contributed by atoms with Crippen molar-refractivity contribution >= 4 is 17.7 Å². The van der Waals surface area contributed by atoms with Gasteiger partial charge in [-0.2, -0.15) is 0 Å². The normalized spacial score (nSPS) is 11.8. The number of hydrogen-bond donors (Lipinski definition) is 2. The number of aliphatic hydroxyl groups is 1. The Hall–Kier alpha value is -1.78. The number of amides is 1. The Morgan fingerprint density at radius 3 is 2.30 bits per heavy atom. The standard InChI is InChI=1S/C16H17NO2S/c18-15(13-7-3-1-4-8-13)11-17-16(19)12-20-14-9-5-2-6-10-14/h1-10,15,18H,11-12H2,(H,17,19). The third-order valence-electron chi connectivity index (χ3n) is 2.79. The quantitative estimate of drug-likeness (QED) is 0.803. The van der Waals surface area contributed by atoms with Crippen LogP contribution < -0.4 is 5.32 Å². The van der Waals surface area contributed by atoms with Crippen LogP contribution in [0.5, 0.6) is 0 Å². The summed E-state index contributed by atoms with van der Waals surface area (Å²) in [5.41, 5.74) is 0.809. The molecule has 1 atom stereocenters. The zero-order valence-electron chi connectivity index (χ0n) is 11.0. The Morgan fingerprint density at radius 2 is 1.65 bits per heavy atom.